The number of benzene rings is 3. The van der Waals surface area contributed by atoms with Crippen LogP contribution < -0.4 is 14.8 Å². The molecule has 0 atom stereocenters. The highest BCUT2D eigenvalue weighted by Gasteiger charge is 2.13. The Labute approximate surface area is 178 Å². The second-order valence-corrected chi connectivity index (χ2v) is 6.92. The summed E-state index contributed by atoms with van der Waals surface area (Å²) in [6, 6.07) is 16.9. The van der Waals surface area contributed by atoms with Crippen molar-refractivity contribution in [2.24, 2.45) is 0 Å². The summed E-state index contributed by atoms with van der Waals surface area (Å²) in [7, 11) is 3.15. The maximum atomic E-state index is 13.9. The lowest BCUT2D eigenvalue weighted by Crippen LogP contribution is -2.23. The average molecular weight is 420 g/mol. The minimum absolute atomic E-state index is 0.236. The fourth-order valence-electron chi connectivity index (χ4n) is 3.27. The number of methoxy groups -OCH3 is 2. The molecule has 0 aliphatic rings. The SMILES string of the molecule is COc1ccc(CNC(=O)c2ccc3nc(Cc4ccccc4F)oc3c2)c(OC)c1. The van der Waals surface area contributed by atoms with Gasteiger partial charge in [-0.3, -0.25) is 4.79 Å². The number of hydrogen-bond acceptors (Lipinski definition) is 5. The Morgan fingerprint density at radius 3 is 2.65 bits per heavy atom. The lowest BCUT2D eigenvalue weighted by atomic mass is 10.1. The zero-order valence-corrected chi connectivity index (χ0v) is 17.1. The smallest absolute Gasteiger partial charge is 0.251 e. The van der Waals surface area contributed by atoms with Gasteiger partial charge in [-0.1, -0.05) is 18.2 Å². The molecule has 0 bridgehead atoms. The fourth-order valence-corrected chi connectivity index (χ4v) is 3.27. The Morgan fingerprint density at radius 1 is 1.03 bits per heavy atom. The largest absolute Gasteiger partial charge is 0.497 e. The number of rotatable bonds is 7. The molecule has 3 aromatic carbocycles. The van der Waals surface area contributed by atoms with Crippen molar-refractivity contribution in [3.63, 3.8) is 0 Å². The highest BCUT2D eigenvalue weighted by Crippen LogP contribution is 2.25. The highest BCUT2D eigenvalue weighted by molar-refractivity contribution is 5.97. The second-order valence-electron chi connectivity index (χ2n) is 6.92. The third-order valence-electron chi connectivity index (χ3n) is 4.93. The minimum Gasteiger partial charge on any atom is -0.497 e. The van der Waals surface area contributed by atoms with Gasteiger partial charge in [0.25, 0.3) is 5.91 Å². The number of amides is 1. The molecule has 1 heterocycles. The van der Waals surface area contributed by atoms with Crippen molar-refractivity contribution in [1.82, 2.24) is 10.3 Å². The first kappa shape index (κ1) is 20.4. The van der Waals surface area contributed by atoms with Gasteiger partial charge in [0.15, 0.2) is 11.5 Å². The van der Waals surface area contributed by atoms with E-state index in [4.69, 9.17) is 13.9 Å². The number of aromatic nitrogens is 1. The van der Waals surface area contributed by atoms with Crippen molar-refractivity contribution in [2.45, 2.75) is 13.0 Å². The summed E-state index contributed by atoms with van der Waals surface area (Å²) in [5.41, 5.74) is 2.85. The van der Waals surface area contributed by atoms with Crippen LogP contribution in [-0.4, -0.2) is 25.1 Å². The number of carbonyl (C=O) groups is 1. The van der Waals surface area contributed by atoms with E-state index in [-0.39, 0.29) is 18.1 Å². The van der Waals surface area contributed by atoms with Crippen LogP contribution in [0.2, 0.25) is 0 Å². The molecular weight excluding hydrogens is 399 g/mol. The monoisotopic (exact) mass is 420 g/mol. The number of nitrogens with one attached hydrogen (secondary N) is 1. The average Bonchev–Trinajstić information content (AvgIpc) is 3.20. The Bertz CT molecular complexity index is 1240. The zero-order valence-electron chi connectivity index (χ0n) is 17.1. The van der Waals surface area contributed by atoms with Crippen LogP contribution in [-0.2, 0) is 13.0 Å². The molecule has 4 rings (SSSR count). The van der Waals surface area contributed by atoms with Crippen molar-refractivity contribution < 1.29 is 23.1 Å². The van der Waals surface area contributed by atoms with Gasteiger partial charge < -0.3 is 19.2 Å². The van der Waals surface area contributed by atoms with Crippen LogP contribution in [0.3, 0.4) is 0 Å². The summed E-state index contributed by atoms with van der Waals surface area (Å²) in [6.07, 6.45) is 0.236. The topological polar surface area (TPSA) is 73.6 Å². The van der Waals surface area contributed by atoms with Gasteiger partial charge >= 0.3 is 0 Å². The molecule has 31 heavy (non-hydrogen) atoms. The molecule has 4 aromatic rings. The zero-order chi connectivity index (χ0) is 21.8. The van der Waals surface area contributed by atoms with Gasteiger partial charge in [0.2, 0.25) is 0 Å². The predicted molar refractivity (Wildman–Crippen MR) is 114 cm³/mol. The van der Waals surface area contributed by atoms with Crippen LogP contribution in [0.15, 0.2) is 65.1 Å². The molecule has 1 aromatic heterocycles. The van der Waals surface area contributed by atoms with E-state index >= 15 is 0 Å². The van der Waals surface area contributed by atoms with Crippen molar-refractivity contribution in [3.8, 4) is 11.5 Å². The minimum atomic E-state index is -0.307. The highest BCUT2D eigenvalue weighted by atomic mass is 19.1. The fraction of sp³-hybridized carbons (Fsp3) is 0.167. The van der Waals surface area contributed by atoms with Gasteiger partial charge in [0.1, 0.15) is 22.8 Å². The van der Waals surface area contributed by atoms with Crippen LogP contribution in [0.25, 0.3) is 11.1 Å². The quantitative estimate of drug-likeness (QED) is 0.476. The summed E-state index contributed by atoms with van der Waals surface area (Å²) in [5, 5.41) is 2.87. The normalized spacial score (nSPS) is 10.8. The number of nitrogens with zero attached hydrogens (tertiary/aromatic N) is 1. The Hall–Kier alpha value is -3.87. The Balaban J connectivity index is 1.48. The molecule has 0 saturated heterocycles. The van der Waals surface area contributed by atoms with E-state index < -0.39 is 0 Å². The van der Waals surface area contributed by atoms with E-state index in [9.17, 15) is 9.18 Å². The van der Waals surface area contributed by atoms with Crippen molar-refractivity contribution in [3.05, 3.63) is 89.1 Å². The number of oxazole rings is 1. The van der Waals surface area contributed by atoms with E-state index in [0.717, 1.165) is 5.56 Å². The molecule has 158 valence electrons. The van der Waals surface area contributed by atoms with Crippen LogP contribution >= 0.6 is 0 Å². The molecule has 0 aliphatic carbocycles. The number of halogens is 1. The molecule has 0 saturated carbocycles. The van der Waals surface area contributed by atoms with Gasteiger partial charge in [-0.25, -0.2) is 9.37 Å². The summed E-state index contributed by atoms with van der Waals surface area (Å²) >= 11 is 0. The van der Waals surface area contributed by atoms with Gasteiger partial charge in [-0.2, -0.15) is 0 Å². The molecule has 0 radical (unpaired) electrons. The lowest BCUT2D eigenvalue weighted by Gasteiger charge is -2.11. The first-order valence-corrected chi connectivity index (χ1v) is 9.69. The third-order valence-corrected chi connectivity index (χ3v) is 4.93. The Morgan fingerprint density at radius 2 is 1.87 bits per heavy atom. The van der Waals surface area contributed by atoms with E-state index in [1.807, 2.05) is 12.1 Å². The van der Waals surface area contributed by atoms with Crippen LogP contribution in [0.4, 0.5) is 4.39 Å². The summed E-state index contributed by atoms with van der Waals surface area (Å²) in [6.45, 7) is 0.291. The molecular formula is C24H21FN2O4. The molecule has 1 N–H and O–H groups in total. The van der Waals surface area contributed by atoms with E-state index in [1.165, 1.54) is 6.07 Å². The van der Waals surface area contributed by atoms with Crippen LogP contribution in [0.1, 0.15) is 27.4 Å². The van der Waals surface area contributed by atoms with E-state index in [2.05, 4.69) is 10.3 Å². The summed E-state index contributed by atoms with van der Waals surface area (Å²) in [5.74, 6) is 1.13. The number of hydrogen-bond donors (Lipinski definition) is 1. The number of ether oxygens (including phenoxy) is 2. The Kier molecular flexibility index (Phi) is 5.84. The summed E-state index contributed by atoms with van der Waals surface area (Å²) < 4.78 is 30.2. The number of fused-ring (bicyclic) bond motifs is 1. The summed E-state index contributed by atoms with van der Waals surface area (Å²) in [4.78, 5) is 17.0. The number of carbonyl (C=O) groups excluding carboxylic acids is 1. The van der Waals surface area contributed by atoms with Gasteiger partial charge in [0.05, 0.1) is 20.6 Å². The standard InChI is InChI=1S/C24H21FN2O4/c1-29-18-9-7-17(21(13-18)30-2)14-26-24(28)16-8-10-20-22(11-16)31-23(27-20)12-15-5-3-4-6-19(15)25/h3-11,13H,12,14H2,1-2H3,(H,26,28). The van der Waals surface area contributed by atoms with Crippen LogP contribution in [0, 0.1) is 5.82 Å². The van der Waals surface area contributed by atoms with Crippen molar-refractivity contribution >= 4 is 17.0 Å². The van der Waals surface area contributed by atoms with Crippen molar-refractivity contribution in [1.29, 1.82) is 0 Å². The van der Waals surface area contributed by atoms with E-state index in [1.54, 1.807) is 56.7 Å². The van der Waals surface area contributed by atoms with Gasteiger partial charge in [-0.05, 0) is 42.0 Å². The van der Waals surface area contributed by atoms with Gasteiger partial charge in [-0.15, -0.1) is 0 Å². The molecule has 7 heteroatoms. The van der Waals surface area contributed by atoms with Gasteiger partial charge in [0, 0.05) is 23.7 Å². The molecule has 1 amide bonds. The first-order chi connectivity index (χ1) is 15.1. The molecule has 0 spiro atoms. The lowest BCUT2D eigenvalue weighted by molar-refractivity contribution is 0.0950. The third kappa shape index (κ3) is 4.50. The maximum Gasteiger partial charge on any atom is 0.251 e. The molecule has 0 fully saturated rings. The van der Waals surface area contributed by atoms with E-state index in [0.29, 0.717) is 46.2 Å². The molecule has 6 nitrogen and oxygen atoms in total. The second kappa shape index (κ2) is 8.87. The van der Waals surface area contributed by atoms with Crippen LogP contribution in [0.5, 0.6) is 11.5 Å². The molecule has 0 aliphatic heterocycles. The molecule has 0 unspecified atom stereocenters. The predicted octanol–water partition coefficient (Wildman–Crippen LogP) is 4.50. The van der Waals surface area contributed by atoms with Crippen molar-refractivity contribution in [2.75, 3.05) is 14.2 Å². The first-order valence-electron chi connectivity index (χ1n) is 9.69. The maximum absolute atomic E-state index is 13.9.